The lowest BCUT2D eigenvalue weighted by atomic mass is 10.0. The van der Waals surface area contributed by atoms with Crippen LogP contribution in [0.5, 0.6) is 5.75 Å². The van der Waals surface area contributed by atoms with E-state index in [1.54, 1.807) is 18.2 Å². The summed E-state index contributed by atoms with van der Waals surface area (Å²) in [7, 11) is 0. The smallest absolute Gasteiger partial charge is 0.125 e. The summed E-state index contributed by atoms with van der Waals surface area (Å²) < 4.78 is 0.808. The van der Waals surface area contributed by atoms with Crippen molar-refractivity contribution in [1.82, 2.24) is 0 Å². The summed E-state index contributed by atoms with van der Waals surface area (Å²) in [5.41, 5.74) is 1.56. The molecule has 2 N–H and O–H groups in total. The molecule has 0 unspecified atom stereocenters. The van der Waals surface area contributed by atoms with Crippen LogP contribution in [0.15, 0.2) is 58.2 Å². The standard InChI is InChI=1S/C13H10BrNO2/c14-10-6-7-12(16)11(8-10)13(15-17)9-4-2-1-3-5-9/h1-8,16-17H/b15-13-. The molecule has 0 bridgehead atoms. The maximum Gasteiger partial charge on any atom is 0.125 e. The zero-order valence-electron chi connectivity index (χ0n) is 8.84. The fourth-order valence-corrected chi connectivity index (χ4v) is 1.92. The number of aromatic hydroxyl groups is 1. The summed E-state index contributed by atoms with van der Waals surface area (Å²) in [6.45, 7) is 0. The van der Waals surface area contributed by atoms with Crippen LogP contribution in [0.1, 0.15) is 11.1 Å². The van der Waals surface area contributed by atoms with Gasteiger partial charge in [0.25, 0.3) is 0 Å². The van der Waals surface area contributed by atoms with E-state index in [0.717, 1.165) is 10.0 Å². The third-order valence-electron chi connectivity index (χ3n) is 2.36. The SMILES string of the molecule is O/N=C(/c1ccccc1)c1cc(Br)ccc1O. The first-order valence-electron chi connectivity index (χ1n) is 4.98. The fraction of sp³-hybridized carbons (Fsp3) is 0. The molecule has 0 saturated heterocycles. The molecule has 0 aliphatic rings. The van der Waals surface area contributed by atoms with E-state index < -0.39 is 0 Å². The van der Waals surface area contributed by atoms with E-state index in [2.05, 4.69) is 21.1 Å². The van der Waals surface area contributed by atoms with Crippen LogP contribution >= 0.6 is 15.9 Å². The molecule has 0 fully saturated rings. The Kier molecular flexibility index (Phi) is 3.44. The summed E-state index contributed by atoms with van der Waals surface area (Å²) in [5.74, 6) is 0.0739. The lowest BCUT2D eigenvalue weighted by Gasteiger charge is -2.07. The molecule has 4 heteroatoms. The van der Waals surface area contributed by atoms with Crippen molar-refractivity contribution >= 4 is 21.6 Å². The highest BCUT2D eigenvalue weighted by atomic mass is 79.9. The van der Waals surface area contributed by atoms with Crippen molar-refractivity contribution in [2.45, 2.75) is 0 Å². The van der Waals surface area contributed by atoms with E-state index in [0.29, 0.717) is 11.3 Å². The third kappa shape index (κ3) is 2.47. The number of nitrogens with zero attached hydrogens (tertiary/aromatic N) is 1. The van der Waals surface area contributed by atoms with E-state index in [4.69, 9.17) is 5.21 Å². The Morgan fingerprint density at radius 1 is 1.06 bits per heavy atom. The van der Waals surface area contributed by atoms with Crippen molar-refractivity contribution in [2.24, 2.45) is 5.16 Å². The second-order valence-electron chi connectivity index (χ2n) is 3.48. The maximum atomic E-state index is 9.79. The minimum Gasteiger partial charge on any atom is -0.507 e. The first kappa shape index (κ1) is 11.7. The fourth-order valence-electron chi connectivity index (χ4n) is 1.56. The molecule has 0 aromatic heterocycles. The first-order valence-corrected chi connectivity index (χ1v) is 5.78. The number of rotatable bonds is 2. The molecule has 17 heavy (non-hydrogen) atoms. The Morgan fingerprint density at radius 3 is 2.41 bits per heavy atom. The highest BCUT2D eigenvalue weighted by Crippen LogP contribution is 2.24. The molecular formula is C13H10BrNO2. The van der Waals surface area contributed by atoms with Crippen LogP contribution in [0.3, 0.4) is 0 Å². The molecule has 0 aliphatic carbocycles. The van der Waals surface area contributed by atoms with Gasteiger partial charge >= 0.3 is 0 Å². The predicted octanol–water partition coefficient (Wildman–Crippen LogP) is 3.38. The number of halogens is 1. The summed E-state index contributed by atoms with van der Waals surface area (Å²) in [5, 5.41) is 22.2. The Hall–Kier alpha value is -1.81. The lowest BCUT2D eigenvalue weighted by Crippen LogP contribution is -2.03. The van der Waals surface area contributed by atoms with Crippen LogP contribution in [0, 0.1) is 0 Å². The van der Waals surface area contributed by atoms with Crippen LogP contribution in [-0.4, -0.2) is 16.0 Å². The molecule has 3 nitrogen and oxygen atoms in total. The molecule has 2 aromatic rings. The van der Waals surface area contributed by atoms with E-state index in [9.17, 15) is 5.11 Å². The second kappa shape index (κ2) is 5.01. The molecular weight excluding hydrogens is 282 g/mol. The summed E-state index contributed by atoms with van der Waals surface area (Å²) in [4.78, 5) is 0. The number of oxime groups is 1. The van der Waals surface area contributed by atoms with Gasteiger partial charge in [0.05, 0.1) is 0 Å². The normalized spacial score (nSPS) is 11.5. The van der Waals surface area contributed by atoms with Gasteiger partial charge in [-0.2, -0.15) is 0 Å². The van der Waals surface area contributed by atoms with Crippen molar-refractivity contribution in [2.75, 3.05) is 0 Å². The van der Waals surface area contributed by atoms with Crippen molar-refractivity contribution in [1.29, 1.82) is 0 Å². The minimum absolute atomic E-state index is 0.0739. The number of hydrogen-bond donors (Lipinski definition) is 2. The quantitative estimate of drug-likeness (QED) is 0.506. The van der Waals surface area contributed by atoms with Crippen molar-refractivity contribution in [3.63, 3.8) is 0 Å². The van der Waals surface area contributed by atoms with Crippen LogP contribution in [0.25, 0.3) is 0 Å². The number of benzene rings is 2. The zero-order chi connectivity index (χ0) is 12.3. The van der Waals surface area contributed by atoms with Gasteiger partial charge in [-0.15, -0.1) is 0 Å². The molecule has 0 spiro atoms. The average molecular weight is 292 g/mol. The minimum atomic E-state index is 0.0739. The molecule has 0 heterocycles. The summed E-state index contributed by atoms with van der Waals surface area (Å²) in [6.07, 6.45) is 0. The van der Waals surface area contributed by atoms with Crippen molar-refractivity contribution < 1.29 is 10.3 Å². The predicted molar refractivity (Wildman–Crippen MR) is 69.7 cm³/mol. The highest BCUT2D eigenvalue weighted by Gasteiger charge is 2.12. The number of phenols is 1. The summed E-state index contributed by atoms with van der Waals surface area (Å²) >= 11 is 3.32. The van der Waals surface area contributed by atoms with E-state index in [-0.39, 0.29) is 5.75 Å². The van der Waals surface area contributed by atoms with E-state index >= 15 is 0 Å². The Morgan fingerprint density at radius 2 is 1.76 bits per heavy atom. The van der Waals surface area contributed by atoms with Gasteiger partial charge < -0.3 is 10.3 Å². The first-order chi connectivity index (χ1) is 8.22. The summed E-state index contributed by atoms with van der Waals surface area (Å²) in [6, 6.07) is 14.2. The van der Waals surface area contributed by atoms with Crippen LogP contribution in [0.2, 0.25) is 0 Å². The van der Waals surface area contributed by atoms with Crippen molar-refractivity contribution in [3.8, 4) is 5.75 Å². The monoisotopic (exact) mass is 291 g/mol. The second-order valence-corrected chi connectivity index (χ2v) is 4.39. The molecule has 0 aliphatic heterocycles. The molecule has 0 amide bonds. The van der Waals surface area contributed by atoms with Crippen LogP contribution in [0.4, 0.5) is 0 Å². The largest absolute Gasteiger partial charge is 0.507 e. The van der Waals surface area contributed by atoms with Crippen LogP contribution < -0.4 is 0 Å². The van der Waals surface area contributed by atoms with Gasteiger partial charge in [-0.3, -0.25) is 0 Å². The Bertz CT molecular complexity index is 553. The average Bonchev–Trinajstić information content (AvgIpc) is 2.36. The lowest BCUT2D eigenvalue weighted by molar-refractivity contribution is 0.319. The molecule has 2 aromatic carbocycles. The van der Waals surface area contributed by atoms with Gasteiger partial charge in [0, 0.05) is 15.6 Å². The van der Waals surface area contributed by atoms with Gasteiger partial charge in [0.1, 0.15) is 11.5 Å². The van der Waals surface area contributed by atoms with E-state index in [1.165, 1.54) is 0 Å². The van der Waals surface area contributed by atoms with Gasteiger partial charge in [0.2, 0.25) is 0 Å². The van der Waals surface area contributed by atoms with Gasteiger partial charge in [0.15, 0.2) is 0 Å². The topological polar surface area (TPSA) is 52.8 Å². The van der Waals surface area contributed by atoms with E-state index in [1.807, 2.05) is 30.3 Å². The molecule has 86 valence electrons. The number of phenolic OH excluding ortho intramolecular Hbond substituents is 1. The van der Waals surface area contributed by atoms with Gasteiger partial charge in [-0.05, 0) is 18.2 Å². The zero-order valence-corrected chi connectivity index (χ0v) is 10.4. The molecule has 0 saturated carbocycles. The van der Waals surface area contributed by atoms with Crippen molar-refractivity contribution in [3.05, 3.63) is 64.1 Å². The number of hydrogen-bond acceptors (Lipinski definition) is 3. The third-order valence-corrected chi connectivity index (χ3v) is 2.85. The van der Waals surface area contributed by atoms with Crippen LogP contribution in [-0.2, 0) is 0 Å². The highest BCUT2D eigenvalue weighted by molar-refractivity contribution is 9.10. The van der Waals surface area contributed by atoms with Gasteiger partial charge in [-0.1, -0.05) is 51.4 Å². The Labute approximate surface area is 107 Å². The maximum absolute atomic E-state index is 9.79. The molecule has 0 radical (unpaired) electrons. The van der Waals surface area contributed by atoms with Gasteiger partial charge in [-0.25, -0.2) is 0 Å². The molecule has 0 atom stereocenters. The molecule has 2 rings (SSSR count). The Balaban J connectivity index is 2.54.